The van der Waals surface area contributed by atoms with Crippen molar-refractivity contribution in [2.75, 3.05) is 39.9 Å². The first-order chi connectivity index (χ1) is 9.68. The van der Waals surface area contributed by atoms with Crippen LogP contribution in [0.3, 0.4) is 0 Å². The SMILES string of the molecule is COCC1CCCN(CC(C)(CN)c2ccccc2)C1. The molecule has 2 N–H and O–H groups in total. The Balaban J connectivity index is 2.02. The number of nitrogens with zero attached hydrogens (tertiary/aromatic N) is 1. The fourth-order valence-electron chi connectivity index (χ4n) is 3.27. The van der Waals surface area contributed by atoms with E-state index >= 15 is 0 Å². The molecule has 0 bridgehead atoms. The number of likely N-dealkylation sites (tertiary alicyclic amines) is 1. The van der Waals surface area contributed by atoms with E-state index < -0.39 is 0 Å². The Bertz CT molecular complexity index is 393. The highest BCUT2D eigenvalue weighted by molar-refractivity contribution is 5.25. The summed E-state index contributed by atoms with van der Waals surface area (Å²) < 4.78 is 5.32. The predicted octanol–water partition coefficient (Wildman–Crippen LogP) is 2.26. The first-order valence-electron chi connectivity index (χ1n) is 7.65. The molecular weight excluding hydrogens is 248 g/mol. The highest BCUT2D eigenvalue weighted by Gasteiger charge is 2.30. The van der Waals surface area contributed by atoms with Gasteiger partial charge in [0.15, 0.2) is 0 Å². The van der Waals surface area contributed by atoms with Gasteiger partial charge in [-0.2, -0.15) is 0 Å². The molecular formula is C17H28N2O. The molecule has 1 aliphatic rings. The van der Waals surface area contributed by atoms with Gasteiger partial charge in [-0.25, -0.2) is 0 Å². The third kappa shape index (κ3) is 3.81. The summed E-state index contributed by atoms with van der Waals surface area (Å²) in [5.74, 6) is 0.673. The molecule has 2 unspecified atom stereocenters. The van der Waals surface area contributed by atoms with E-state index in [1.807, 2.05) is 0 Å². The summed E-state index contributed by atoms with van der Waals surface area (Å²) in [5, 5.41) is 0. The summed E-state index contributed by atoms with van der Waals surface area (Å²) in [6.07, 6.45) is 2.55. The quantitative estimate of drug-likeness (QED) is 0.866. The Morgan fingerprint density at radius 2 is 2.10 bits per heavy atom. The molecule has 2 rings (SSSR count). The second-order valence-electron chi connectivity index (χ2n) is 6.33. The topological polar surface area (TPSA) is 38.5 Å². The summed E-state index contributed by atoms with van der Waals surface area (Å²) in [6.45, 7) is 7.19. The largest absolute Gasteiger partial charge is 0.384 e. The molecule has 1 fully saturated rings. The van der Waals surface area contributed by atoms with Crippen LogP contribution in [0.25, 0.3) is 0 Å². The zero-order valence-corrected chi connectivity index (χ0v) is 12.8. The first-order valence-corrected chi connectivity index (χ1v) is 7.65. The van der Waals surface area contributed by atoms with Crippen molar-refractivity contribution < 1.29 is 4.74 Å². The molecule has 1 aromatic rings. The fourth-order valence-corrected chi connectivity index (χ4v) is 3.27. The van der Waals surface area contributed by atoms with Gasteiger partial charge >= 0.3 is 0 Å². The van der Waals surface area contributed by atoms with Crippen LogP contribution in [0.1, 0.15) is 25.3 Å². The molecule has 0 aliphatic carbocycles. The number of nitrogens with two attached hydrogens (primary N) is 1. The van der Waals surface area contributed by atoms with E-state index in [2.05, 4.69) is 42.2 Å². The van der Waals surface area contributed by atoms with Crippen molar-refractivity contribution in [2.24, 2.45) is 11.7 Å². The van der Waals surface area contributed by atoms with Crippen LogP contribution in [0.2, 0.25) is 0 Å². The van der Waals surface area contributed by atoms with Gasteiger partial charge in [-0.05, 0) is 30.9 Å². The van der Waals surface area contributed by atoms with E-state index in [0.29, 0.717) is 12.5 Å². The lowest BCUT2D eigenvalue weighted by atomic mass is 9.81. The van der Waals surface area contributed by atoms with Crippen molar-refractivity contribution in [3.05, 3.63) is 35.9 Å². The number of benzene rings is 1. The first kappa shape index (κ1) is 15.5. The minimum Gasteiger partial charge on any atom is -0.384 e. The van der Waals surface area contributed by atoms with Crippen LogP contribution in [0.5, 0.6) is 0 Å². The molecule has 0 amide bonds. The van der Waals surface area contributed by atoms with Crippen molar-refractivity contribution in [1.82, 2.24) is 4.90 Å². The molecule has 1 saturated heterocycles. The van der Waals surface area contributed by atoms with Crippen LogP contribution in [0.15, 0.2) is 30.3 Å². The van der Waals surface area contributed by atoms with E-state index in [9.17, 15) is 0 Å². The predicted molar refractivity (Wildman–Crippen MR) is 83.9 cm³/mol. The summed E-state index contributed by atoms with van der Waals surface area (Å²) in [7, 11) is 1.80. The van der Waals surface area contributed by atoms with Crippen molar-refractivity contribution in [3.63, 3.8) is 0 Å². The van der Waals surface area contributed by atoms with Crippen molar-refractivity contribution in [1.29, 1.82) is 0 Å². The molecule has 1 aromatic carbocycles. The minimum atomic E-state index is 0.0379. The van der Waals surface area contributed by atoms with Crippen LogP contribution >= 0.6 is 0 Å². The van der Waals surface area contributed by atoms with Crippen LogP contribution in [0, 0.1) is 5.92 Å². The molecule has 3 nitrogen and oxygen atoms in total. The molecule has 2 atom stereocenters. The van der Waals surface area contributed by atoms with E-state index in [-0.39, 0.29) is 5.41 Å². The second kappa shape index (κ2) is 7.21. The third-order valence-electron chi connectivity index (χ3n) is 4.50. The smallest absolute Gasteiger partial charge is 0.0502 e. The summed E-state index contributed by atoms with van der Waals surface area (Å²) in [4.78, 5) is 2.56. The molecule has 0 saturated carbocycles. The van der Waals surface area contributed by atoms with Gasteiger partial charge in [0, 0.05) is 32.2 Å². The molecule has 0 spiro atoms. The molecule has 20 heavy (non-hydrogen) atoms. The lowest BCUT2D eigenvalue weighted by Gasteiger charge is -2.39. The van der Waals surface area contributed by atoms with Crippen molar-refractivity contribution in [3.8, 4) is 0 Å². The molecule has 1 heterocycles. The zero-order chi connectivity index (χ0) is 14.4. The van der Waals surface area contributed by atoms with Gasteiger partial charge in [0.05, 0.1) is 6.61 Å². The second-order valence-corrected chi connectivity index (χ2v) is 6.33. The molecule has 3 heteroatoms. The molecule has 0 radical (unpaired) electrons. The Hall–Kier alpha value is -0.900. The lowest BCUT2D eigenvalue weighted by molar-refractivity contribution is 0.0802. The van der Waals surface area contributed by atoms with Crippen LogP contribution in [-0.4, -0.2) is 44.8 Å². The van der Waals surface area contributed by atoms with Crippen molar-refractivity contribution in [2.45, 2.75) is 25.2 Å². The fraction of sp³-hybridized carbons (Fsp3) is 0.647. The average molecular weight is 276 g/mol. The standard InChI is InChI=1S/C17H28N2O/c1-17(13-18,16-8-4-3-5-9-16)14-19-10-6-7-15(11-19)12-20-2/h3-5,8-9,15H,6-7,10-14,18H2,1-2H3. The monoisotopic (exact) mass is 276 g/mol. The lowest BCUT2D eigenvalue weighted by Crippen LogP contribution is -2.47. The molecule has 0 aromatic heterocycles. The van der Waals surface area contributed by atoms with Gasteiger partial charge in [0.2, 0.25) is 0 Å². The number of piperidine rings is 1. The number of hydrogen-bond donors (Lipinski definition) is 1. The minimum absolute atomic E-state index is 0.0379. The van der Waals surface area contributed by atoms with Gasteiger partial charge < -0.3 is 15.4 Å². The Kier molecular flexibility index (Phi) is 5.58. The molecule has 1 aliphatic heterocycles. The number of methoxy groups -OCH3 is 1. The maximum Gasteiger partial charge on any atom is 0.0502 e. The highest BCUT2D eigenvalue weighted by atomic mass is 16.5. The zero-order valence-electron chi connectivity index (χ0n) is 12.8. The number of hydrogen-bond acceptors (Lipinski definition) is 3. The van der Waals surface area contributed by atoms with Crippen LogP contribution in [0.4, 0.5) is 0 Å². The van der Waals surface area contributed by atoms with Crippen LogP contribution in [-0.2, 0) is 10.2 Å². The van der Waals surface area contributed by atoms with Gasteiger partial charge in [0.25, 0.3) is 0 Å². The van der Waals surface area contributed by atoms with Gasteiger partial charge in [0.1, 0.15) is 0 Å². The van der Waals surface area contributed by atoms with Crippen LogP contribution < -0.4 is 5.73 Å². The van der Waals surface area contributed by atoms with E-state index in [0.717, 1.165) is 19.7 Å². The molecule has 112 valence electrons. The maximum atomic E-state index is 6.10. The Labute approximate surface area is 123 Å². The van der Waals surface area contributed by atoms with Gasteiger partial charge in [-0.1, -0.05) is 37.3 Å². The highest BCUT2D eigenvalue weighted by Crippen LogP contribution is 2.26. The number of rotatable bonds is 6. The Morgan fingerprint density at radius 3 is 2.75 bits per heavy atom. The summed E-state index contributed by atoms with van der Waals surface area (Å²) in [6, 6.07) is 10.7. The third-order valence-corrected chi connectivity index (χ3v) is 4.50. The van der Waals surface area contributed by atoms with E-state index in [1.165, 1.54) is 24.9 Å². The van der Waals surface area contributed by atoms with E-state index in [4.69, 9.17) is 10.5 Å². The van der Waals surface area contributed by atoms with Crippen molar-refractivity contribution >= 4 is 0 Å². The van der Waals surface area contributed by atoms with Gasteiger partial charge in [-0.3, -0.25) is 0 Å². The Morgan fingerprint density at radius 1 is 1.35 bits per heavy atom. The normalized spacial score (nSPS) is 23.4. The maximum absolute atomic E-state index is 6.10. The average Bonchev–Trinajstić information content (AvgIpc) is 2.49. The van der Waals surface area contributed by atoms with Gasteiger partial charge in [-0.15, -0.1) is 0 Å². The summed E-state index contributed by atoms with van der Waals surface area (Å²) >= 11 is 0. The van der Waals surface area contributed by atoms with E-state index in [1.54, 1.807) is 7.11 Å². The number of ether oxygens (including phenoxy) is 1. The summed E-state index contributed by atoms with van der Waals surface area (Å²) in [5.41, 5.74) is 7.48.